The number of halogens is 1. The molecule has 0 aliphatic rings. The number of allylic oxidation sites excluding steroid dienone is 1. The van der Waals surface area contributed by atoms with Crippen LogP contribution in [0.4, 0.5) is 5.69 Å². The van der Waals surface area contributed by atoms with E-state index in [-0.39, 0.29) is 6.61 Å². The molecule has 0 saturated heterocycles. The summed E-state index contributed by atoms with van der Waals surface area (Å²) in [6.45, 7) is 3.23. The van der Waals surface area contributed by atoms with Crippen LogP contribution in [-0.2, 0) is 14.3 Å². The molecule has 18 heavy (non-hydrogen) atoms. The zero-order valence-corrected chi connectivity index (χ0v) is 11.0. The summed E-state index contributed by atoms with van der Waals surface area (Å²) in [5.41, 5.74) is 1.49. The normalized spacial score (nSPS) is 10.4. The van der Waals surface area contributed by atoms with Gasteiger partial charge in [-0.1, -0.05) is 23.7 Å². The first-order chi connectivity index (χ1) is 8.52. The molecule has 0 heterocycles. The highest BCUT2D eigenvalue weighted by atomic mass is 35.5. The molecule has 5 heteroatoms. The molecule has 1 aromatic rings. The topological polar surface area (TPSA) is 55.4 Å². The molecule has 0 bridgehead atoms. The second-order valence-corrected chi connectivity index (χ2v) is 4.03. The molecule has 1 rings (SSSR count). The summed E-state index contributed by atoms with van der Waals surface area (Å²) in [6.07, 6.45) is 2.79. The summed E-state index contributed by atoms with van der Waals surface area (Å²) < 4.78 is 4.70. The monoisotopic (exact) mass is 267 g/mol. The van der Waals surface area contributed by atoms with Crippen LogP contribution in [0.25, 0.3) is 0 Å². The minimum absolute atomic E-state index is 0.325. The predicted octanol–water partition coefficient (Wildman–Crippen LogP) is 2.71. The van der Waals surface area contributed by atoms with Crippen molar-refractivity contribution in [1.82, 2.24) is 0 Å². The van der Waals surface area contributed by atoms with Gasteiger partial charge in [-0.15, -0.1) is 0 Å². The molecule has 0 fully saturated rings. The Kier molecular flexibility index (Phi) is 5.39. The van der Waals surface area contributed by atoms with Crippen molar-refractivity contribution in [2.75, 3.05) is 11.9 Å². The highest BCUT2D eigenvalue weighted by molar-refractivity contribution is 6.31. The van der Waals surface area contributed by atoms with Crippen molar-refractivity contribution in [3.8, 4) is 0 Å². The molecule has 0 aromatic heterocycles. The van der Waals surface area contributed by atoms with E-state index in [1.807, 2.05) is 6.92 Å². The van der Waals surface area contributed by atoms with E-state index in [9.17, 15) is 9.59 Å². The van der Waals surface area contributed by atoms with Crippen molar-refractivity contribution in [2.24, 2.45) is 0 Å². The van der Waals surface area contributed by atoms with Crippen LogP contribution in [-0.4, -0.2) is 18.5 Å². The molecule has 0 aliphatic heterocycles. The average Bonchev–Trinajstić information content (AvgIpc) is 2.32. The Balaban J connectivity index is 2.49. The lowest BCUT2D eigenvalue weighted by Gasteiger charge is -2.06. The van der Waals surface area contributed by atoms with Crippen molar-refractivity contribution < 1.29 is 14.3 Å². The van der Waals surface area contributed by atoms with Gasteiger partial charge in [0.15, 0.2) is 6.61 Å². The zero-order chi connectivity index (χ0) is 13.5. The van der Waals surface area contributed by atoms with Crippen molar-refractivity contribution >= 4 is 29.2 Å². The van der Waals surface area contributed by atoms with Gasteiger partial charge in [0.25, 0.3) is 5.91 Å². The Morgan fingerprint density at radius 1 is 1.44 bits per heavy atom. The Morgan fingerprint density at radius 2 is 2.17 bits per heavy atom. The highest BCUT2D eigenvalue weighted by Gasteiger charge is 2.06. The van der Waals surface area contributed by atoms with Gasteiger partial charge in [-0.2, -0.15) is 0 Å². The lowest BCUT2D eigenvalue weighted by Crippen LogP contribution is -2.20. The summed E-state index contributed by atoms with van der Waals surface area (Å²) in [6, 6.07) is 5.17. The molecule has 0 saturated carbocycles. The third kappa shape index (κ3) is 4.59. The van der Waals surface area contributed by atoms with E-state index < -0.39 is 11.9 Å². The number of esters is 1. The minimum atomic E-state index is -0.547. The Bertz CT molecular complexity index is 483. The number of aryl methyl sites for hydroxylation is 1. The number of carbonyl (C=O) groups is 2. The molecule has 0 atom stereocenters. The second kappa shape index (κ2) is 6.81. The van der Waals surface area contributed by atoms with Gasteiger partial charge in [0.1, 0.15) is 0 Å². The van der Waals surface area contributed by atoms with Crippen LogP contribution in [0.2, 0.25) is 5.02 Å². The molecule has 1 amide bonds. The van der Waals surface area contributed by atoms with Crippen LogP contribution in [0.1, 0.15) is 12.5 Å². The van der Waals surface area contributed by atoms with Gasteiger partial charge in [-0.05, 0) is 31.5 Å². The average molecular weight is 268 g/mol. The summed E-state index contributed by atoms with van der Waals surface area (Å²) >= 11 is 5.92. The van der Waals surface area contributed by atoms with E-state index in [0.717, 1.165) is 5.56 Å². The van der Waals surface area contributed by atoms with E-state index in [2.05, 4.69) is 5.32 Å². The standard InChI is InChI=1S/C13H14ClNO3/c1-3-4-13(17)18-8-12(16)15-10-6-5-9(2)11(14)7-10/h3-7H,8H2,1-2H3,(H,15,16)/b4-3+. The maximum absolute atomic E-state index is 11.5. The zero-order valence-electron chi connectivity index (χ0n) is 10.2. The molecule has 96 valence electrons. The van der Waals surface area contributed by atoms with Gasteiger partial charge >= 0.3 is 5.97 Å². The Hall–Kier alpha value is -1.81. The molecule has 0 spiro atoms. The smallest absolute Gasteiger partial charge is 0.330 e. The lowest BCUT2D eigenvalue weighted by atomic mass is 10.2. The number of rotatable bonds is 4. The number of nitrogens with one attached hydrogen (secondary N) is 1. The number of benzene rings is 1. The lowest BCUT2D eigenvalue weighted by molar-refractivity contribution is -0.142. The molecule has 0 aliphatic carbocycles. The van der Waals surface area contributed by atoms with Crippen molar-refractivity contribution in [3.05, 3.63) is 40.9 Å². The van der Waals surface area contributed by atoms with E-state index in [0.29, 0.717) is 10.7 Å². The number of ether oxygens (including phenoxy) is 1. The van der Waals surface area contributed by atoms with Gasteiger partial charge < -0.3 is 10.1 Å². The number of hydrogen-bond acceptors (Lipinski definition) is 3. The van der Waals surface area contributed by atoms with Gasteiger partial charge in [-0.25, -0.2) is 4.79 Å². The number of amides is 1. The van der Waals surface area contributed by atoms with Crippen molar-refractivity contribution in [3.63, 3.8) is 0 Å². The van der Waals surface area contributed by atoms with Crippen LogP contribution in [0.3, 0.4) is 0 Å². The van der Waals surface area contributed by atoms with Crippen LogP contribution >= 0.6 is 11.6 Å². The van der Waals surface area contributed by atoms with E-state index in [4.69, 9.17) is 16.3 Å². The molecular formula is C13H14ClNO3. The third-order valence-electron chi connectivity index (χ3n) is 2.10. The van der Waals surface area contributed by atoms with Crippen LogP contribution in [0.15, 0.2) is 30.4 Å². The highest BCUT2D eigenvalue weighted by Crippen LogP contribution is 2.19. The molecular weight excluding hydrogens is 254 g/mol. The van der Waals surface area contributed by atoms with E-state index in [1.165, 1.54) is 6.08 Å². The second-order valence-electron chi connectivity index (χ2n) is 3.62. The van der Waals surface area contributed by atoms with Crippen molar-refractivity contribution in [2.45, 2.75) is 13.8 Å². The summed E-state index contributed by atoms with van der Waals surface area (Å²) in [5.74, 6) is -0.956. The van der Waals surface area contributed by atoms with Gasteiger partial charge in [0.05, 0.1) is 0 Å². The molecule has 0 radical (unpaired) electrons. The molecule has 1 N–H and O–H groups in total. The number of carbonyl (C=O) groups excluding carboxylic acids is 2. The largest absolute Gasteiger partial charge is 0.452 e. The molecule has 4 nitrogen and oxygen atoms in total. The van der Waals surface area contributed by atoms with Gasteiger partial charge in [0, 0.05) is 16.8 Å². The van der Waals surface area contributed by atoms with Gasteiger partial charge in [0.2, 0.25) is 0 Å². The van der Waals surface area contributed by atoms with E-state index >= 15 is 0 Å². The summed E-state index contributed by atoms with van der Waals surface area (Å²) in [7, 11) is 0. The molecule has 1 aromatic carbocycles. The maximum atomic E-state index is 11.5. The SMILES string of the molecule is C/C=C/C(=O)OCC(=O)Nc1ccc(C)c(Cl)c1. The van der Waals surface area contributed by atoms with E-state index in [1.54, 1.807) is 31.2 Å². The van der Waals surface area contributed by atoms with Crippen LogP contribution in [0.5, 0.6) is 0 Å². The predicted molar refractivity (Wildman–Crippen MR) is 70.6 cm³/mol. The van der Waals surface area contributed by atoms with Crippen LogP contribution in [0, 0.1) is 6.92 Å². The maximum Gasteiger partial charge on any atom is 0.330 e. The fourth-order valence-electron chi connectivity index (χ4n) is 1.19. The Labute approximate surface area is 111 Å². The third-order valence-corrected chi connectivity index (χ3v) is 2.51. The Morgan fingerprint density at radius 3 is 2.78 bits per heavy atom. The fraction of sp³-hybridized carbons (Fsp3) is 0.231. The first-order valence-corrected chi connectivity index (χ1v) is 5.76. The van der Waals surface area contributed by atoms with Crippen molar-refractivity contribution in [1.29, 1.82) is 0 Å². The first kappa shape index (κ1) is 14.3. The first-order valence-electron chi connectivity index (χ1n) is 5.38. The quantitative estimate of drug-likeness (QED) is 0.674. The summed E-state index contributed by atoms with van der Waals surface area (Å²) in [4.78, 5) is 22.5. The van der Waals surface area contributed by atoms with Gasteiger partial charge in [-0.3, -0.25) is 4.79 Å². The summed E-state index contributed by atoms with van der Waals surface area (Å²) in [5, 5.41) is 3.15. The minimum Gasteiger partial charge on any atom is -0.452 e. The molecule has 0 unspecified atom stereocenters. The fourth-order valence-corrected chi connectivity index (χ4v) is 1.37. The van der Waals surface area contributed by atoms with Crippen LogP contribution < -0.4 is 5.32 Å². The number of anilines is 1. The number of hydrogen-bond donors (Lipinski definition) is 1.